The van der Waals surface area contributed by atoms with Crippen molar-refractivity contribution in [2.24, 2.45) is 0 Å². The zero-order chi connectivity index (χ0) is 24.6. The zero-order valence-electron chi connectivity index (χ0n) is 20.8. The van der Waals surface area contributed by atoms with Crippen molar-refractivity contribution >= 4 is 17.3 Å². The minimum absolute atomic E-state index is 0.186. The number of anilines is 2. The van der Waals surface area contributed by atoms with Gasteiger partial charge in [-0.1, -0.05) is 13.0 Å². The molecule has 10 heteroatoms. The average molecular weight is 485 g/mol. The monoisotopic (exact) mass is 484 g/mol. The summed E-state index contributed by atoms with van der Waals surface area (Å²) in [7, 11) is 3.14. The largest absolute Gasteiger partial charge is 0.472 e. The molecule has 0 aliphatic carbocycles. The van der Waals surface area contributed by atoms with E-state index in [1.807, 2.05) is 22.8 Å². The van der Waals surface area contributed by atoms with Gasteiger partial charge in [0.15, 0.2) is 11.9 Å². The molecular formula is C25H36N6O4. The van der Waals surface area contributed by atoms with Crippen LogP contribution in [0.3, 0.4) is 0 Å². The number of hydrogen-bond donors (Lipinski definition) is 2. The molecule has 3 aromatic rings. The third-order valence-electron chi connectivity index (χ3n) is 6.46. The van der Waals surface area contributed by atoms with E-state index in [1.54, 1.807) is 20.4 Å². The van der Waals surface area contributed by atoms with Gasteiger partial charge in [-0.3, -0.25) is 0 Å². The number of aryl methyl sites for hydroxylation is 1. The Bertz CT molecular complexity index is 1070. The number of methoxy groups -OCH3 is 2. The van der Waals surface area contributed by atoms with Crippen molar-refractivity contribution in [3.05, 3.63) is 41.7 Å². The number of rotatable bonds is 12. The van der Waals surface area contributed by atoms with E-state index in [4.69, 9.17) is 19.2 Å². The number of pyridine rings is 1. The Morgan fingerprint density at radius 1 is 1.20 bits per heavy atom. The van der Waals surface area contributed by atoms with Crippen LogP contribution in [0.5, 0.6) is 5.88 Å². The maximum Gasteiger partial charge on any atom is 0.213 e. The molecule has 0 bridgehead atoms. The molecule has 0 amide bonds. The molecule has 4 rings (SSSR count). The summed E-state index contributed by atoms with van der Waals surface area (Å²) in [5.41, 5.74) is 2.99. The average Bonchev–Trinajstić information content (AvgIpc) is 3.32. The molecule has 2 N–H and O–H groups in total. The van der Waals surface area contributed by atoms with Gasteiger partial charge in [-0.25, -0.2) is 9.97 Å². The van der Waals surface area contributed by atoms with Gasteiger partial charge in [-0.2, -0.15) is 9.61 Å². The van der Waals surface area contributed by atoms with Crippen molar-refractivity contribution in [2.75, 3.05) is 44.2 Å². The first-order valence-electron chi connectivity index (χ1n) is 12.3. The van der Waals surface area contributed by atoms with E-state index in [2.05, 4.69) is 33.3 Å². The van der Waals surface area contributed by atoms with Crippen molar-refractivity contribution in [1.29, 1.82) is 0 Å². The molecule has 190 valence electrons. The number of hydrogen-bond acceptors (Lipinski definition) is 9. The van der Waals surface area contributed by atoms with Crippen LogP contribution in [0.2, 0.25) is 0 Å². The van der Waals surface area contributed by atoms with Crippen molar-refractivity contribution in [1.82, 2.24) is 19.6 Å². The summed E-state index contributed by atoms with van der Waals surface area (Å²) in [6.45, 7) is 4.09. The van der Waals surface area contributed by atoms with Gasteiger partial charge in [0, 0.05) is 63.9 Å². The number of aliphatic hydroxyl groups excluding tert-OH is 1. The molecule has 1 aliphatic heterocycles. The fraction of sp³-hybridized carbons (Fsp3) is 0.560. The second-order valence-corrected chi connectivity index (χ2v) is 8.68. The summed E-state index contributed by atoms with van der Waals surface area (Å²) in [4.78, 5) is 11.7. The maximum atomic E-state index is 9.57. The molecular weight excluding hydrogens is 448 g/mol. The van der Waals surface area contributed by atoms with Gasteiger partial charge in [0.1, 0.15) is 18.2 Å². The minimum Gasteiger partial charge on any atom is -0.472 e. The lowest BCUT2D eigenvalue weighted by Crippen LogP contribution is -2.40. The number of piperidine rings is 1. The molecule has 0 radical (unpaired) electrons. The van der Waals surface area contributed by atoms with Crippen LogP contribution in [-0.2, 0) is 22.4 Å². The van der Waals surface area contributed by atoms with Gasteiger partial charge in [0.2, 0.25) is 5.88 Å². The molecule has 1 fully saturated rings. The number of nitrogens with one attached hydrogen (secondary N) is 1. The van der Waals surface area contributed by atoms with Crippen LogP contribution in [0, 0.1) is 0 Å². The highest BCUT2D eigenvalue weighted by atomic mass is 16.7. The Morgan fingerprint density at radius 2 is 2.06 bits per heavy atom. The van der Waals surface area contributed by atoms with E-state index in [9.17, 15) is 5.11 Å². The predicted molar refractivity (Wildman–Crippen MR) is 134 cm³/mol. The Hall–Kier alpha value is -2.95. The van der Waals surface area contributed by atoms with E-state index in [1.165, 1.54) is 6.42 Å². The molecule has 10 nitrogen and oxygen atoms in total. The summed E-state index contributed by atoms with van der Waals surface area (Å²) in [6, 6.07) is 6.18. The Labute approximate surface area is 206 Å². The number of nitrogens with zero attached hydrogens (tertiary/aromatic N) is 5. The van der Waals surface area contributed by atoms with E-state index >= 15 is 0 Å². The van der Waals surface area contributed by atoms with E-state index < -0.39 is 6.29 Å². The predicted octanol–water partition coefficient (Wildman–Crippen LogP) is 3.04. The van der Waals surface area contributed by atoms with Crippen LogP contribution in [0.4, 0.5) is 11.6 Å². The molecule has 1 atom stereocenters. The van der Waals surface area contributed by atoms with E-state index in [-0.39, 0.29) is 13.2 Å². The number of ether oxygens (including phenoxy) is 3. The van der Waals surface area contributed by atoms with Gasteiger partial charge < -0.3 is 29.5 Å². The van der Waals surface area contributed by atoms with Crippen LogP contribution < -0.4 is 15.0 Å². The lowest BCUT2D eigenvalue weighted by Gasteiger charge is -2.36. The highest BCUT2D eigenvalue weighted by Crippen LogP contribution is 2.29. The summed E-state index contributed by atoms with van der Waals surface area (Å²) < 4.78 is 17.8. The lowest BCUT2D eigenvalue weighted by molar-refractivity contribution is -0.122. The lowest BCUT2D eigenvalue weighted by atomic mass is 9.99. The van der Waals surface area contributed by atoms with Crippen LogP contribution in [0.1, 0.15) is 43.7 Å². The fourth-order valence-corrected chi connectivity index (χ4v) is 4.45. The van der Waals surface area contributed by atoms with Crippen molar-refractivity contribution in [3.8, 4) is 5.88 Å². The van der Waals surface area contributed by atoms with Crippen LogP contribution in [0.15, 0.2) is 30.6 Å². The van der Waals surface area contributed by atoms with Crippen LogP contribution >= 0.6 is 0 Å². The molecule has 0 aromatic carbocycles. The maximum absolute atomic E-state index is 9.57. The Kier molecular flexibility index (Phi) is 8.73. The molecule has 0 unspecified atom stereocenters. The van der Waals surface area contributed by atoms with Crippen LogP contribution in [-0.4, -0.2) is 71.0 Å². The topological polar surface area (TPSA) is 106 Å². The Balaban J connectivity index is 1.52. The summed E-state index contributed by atoms with van der Waals surface area (Å²) in [5.74, 6) is 2.32. The molecule has 35 heavy (non-hydrogen) atoms. The van der Waals surface area contributed by atoms with Crippen molar-refractivity contribution in [3.63, 3.8) is 0 Å². The summed E-state index contributed by atoms with van der Waals surface area (Å²) >= 11 is 0. The van der Waals surface area contributed by atoms with Crippen molar-refractivity contribution < 1.29 is 19.3 Å². The fourth-order valence-electron chi connectivity index (χ4n) is 4.45. The van der Waals surface area contributed by atoms with Gasteiger partial charge in [-0.05, 0) is 37.7 Å². The molecule has 1 aliphatic rings. The van der Waals surface area contributed by atoms with E-state index in [0.29, 0.717) is 18.5 Å². The second kappa shape index (κ2) is 12.1. The molecule has 0 saturated carbocycles. The third kappa shape index (κ3) is 6.01. The first-order valence-corrected chi connectivity index (χ1v) is 12.3. The van der Waals surface area contributed by atoms with Crippen molar-refractivity contribution in [2.45, 2.75) is 57.9 Å². The summed E-state index contributed by atoms with van der Waals surface area (Å²) in [6.07, 6.45) is 8.26. The second-order valence-electron chi connectivity index (χ2n) is 8.68. The quantitative estimate of drug-likeness (QED) is 0.375. The van der Waals surface area contributed by atoms with Gasteiger partial charge >= 0.3 is 0 Å². The number of aromatic nitrogens is 4. The third-order valence-corrected chi connectivity index (χ3v) is 6.46. The van der Waals surface area contributed by atoms with Gasteiger partial charge in [-0.15, -0.1) is 0 Å². The minimum atomic E-state index is -0.430. The highest BCUT2D eigenvalue weighted by molar-refractivity contribution is 5.61. The number of fused-ring (bicyclic) bond motifs is 1. The van der Waals surface area contributed by atoms with E-state index in [0.717, 1.165) is 60.6 Å². The molecule has 3 aromatic heterocycles. The molecule has 4 heterocycles. The Morgan fingerprint density at radius 3 is 2.77 bits per heavy atom. The highest BCUT2D eigenvalue weighted by Gasteiger charge is 2.25. The SMILES string of the molecule is CCc1cnn2c(NCc3ccc(OCC(OC)OC)nc3)cc(N3CCCC[C@H]3CCO)nc12. The van der Waals surface area contributed by atoms with Crippen LogP contribution in [0.25, 0.3) is 5.65 Å². The first kappa shape index (κ1) is 25.2. The molecule has 1 saturated heterocycles. The number of aliphatic hydroxyl groups is 1. The zero-order valence-corrected chi connectivity index (χ0v) is 20.8. The first-order chi connectivity index (χ1) is 17.2. The summed E-state index contributed by atoms with van der Waals surface area (Å²) in [5, 5.41) is 17.7. The van der Waals surface area contributed by atoms with Gasteiger partial charge in [0.05, 0.1) is 6.20 Å². The standard InChI is InChI=1S/C25H36N6O4/c1-4-19-16-28-31-21(13-22(29-25(19)31)30-11-6-5-7-20(30)10-12-32)26-14-18-8-9-23(27-15-18)35-17-24(33-2)34-3/h8-9,13,15-16,20,24,26,32H,4-7,10-12,14,17H2,1-3H3/t20-/m0/s1. The normalized spacial score (nSPS) is 16.3. The molecule has 0 spiro atoms. The smallest absolute Gasteiger partial charge is 0.213 e. The van der Waals surface area contributed by atoms with Gasteiger partial charge in [0.25, 0.3) is 0 Å².